The molecule has 3 nitrogen and oxygen atoms in total. The molecule has 82 valence electrons. The summed E-state index contributed by atoms with van der Waals surface area (Å²) in [6.07, 6.45) is 2.51. The number of aliphatic hydroxyl groups excluding tert-OH is 1. The summed E-state index contributed by atoms with van der Waals surface area (Å²) in [5, 5.41) is 9.56. The van der Waals surface area contributed by atoms with Gasteiger partial charge in [-0.15, -0.1) is 0 Å². The van der Waals surface area contributed by atoms with Gasteiger partial charge in [-0.2, -0.15) is 0 Å². The monoisotopic (exact) mass is 198 g/mol. The lowest BCUT2D eigenvalue weighted by Gasteiger charge is -2.41. The molecule has 0 aromatic rings. The molecule has 1 N–H and O–H groups in total. The third kappa shape index (κ3) is 1.95. The highest BCUT2D eigenvalue weighted by molar-refractivity contribution is 4.89. The SMILES string of the molecule is CC(O)C(C)N1CCN2CCCC2C1. The van der Waals surface area contributed by atoms with Crippen molar-refractivity contribution in [1.82, 2.24) is 9.80 Å². The lowest BCUT2D eigenvalue weighted by Crippen LogP contribution is -2.54. The Morgan fingerprint density at radius 2 is 2.00 bits per heavy atom. The Labute approximate surface area is 86.7 Å². The number of hydrogen-bond donors (Lipinski definition) is 1. The molecule has 0 aliphatic carbocycles. The van der Waals surface area contributed by atoms with E-state index in [1.54, 1.807) is 0 Å². The summed E-state index contributed by atoms with van der Waals surface area (Å²) >= 11 is 0. The Balaban J connectivity index is 1.91. The first kappa shape index (κ1) is 10.4. The molecule has 0 aromatic heterocycles. The first-order chi connectivity index (χ1) is 6.68. The van der Waals surface area contributed by atoms with Crippen LogP contribution in [0.25, 0.3) is 0 Å². The Kier molecular flexibility index (Phi) is 3.10. The summed E-state index contributed by atoms with van der Waals surface area (Å²) in [5.41, 5.74) is 0. The van der Waals surface area contributed by atoms with Crippen molar-refractivity contribution in [3.8, 4) is 0 Å². The lowest BCUT2D eigenvalue weighted by molar-refractivity contribution is 0.0217. The highest BCUT2D eigenvalue weighted by Crippen LogP contribution is 2.23. The number of rotatable bonds is 2. The minimum absolute atomic E-state index is 0.206. The predicted molar refractivity (Wildman–Crippen MR) is 57.3 cm³/mol. The third-order valence-electron chi connectivity index (χ3n) is 3.89. The first-order valence-corrected chi connectivity index (χ1v) is 5.84. The van der Waals surface area contributed by atoms with Gasteiger partial charge in [0.25, 0.3) is 0 Å². The predicted octanol–water partition coefficient (Wildman–Crippen LogP) is 0.536. The number of aliphatic hydroxyl groups is 1. The van der Waals surface area contributed by atoms with Crippen LogP contribution in [0.2, 0.25) is 0 Å². The number of fused-ring (bicyclic) bond motifs is 1. The zero-order valence-electron chi connectivity index (χ0n) is 9.32. The van der Waals surface area contributed by atoms with E-state index >= 15 is 0 Å². The van der Waals surface area contributed by atoms with Crippen LogP contribution in [0.3, 0.4) is 0 Å². The average molecular weight is 198 g/mol. The van der Waals surface area contributed by atoms with Gasteiger partial charge in [-0.1, -0.05) is 0 Å². The van der Waals surface area contributed by atoms with Gasteiger partial charge in [0.05, 0.1) is 6.10 Å². The van der Waals surface area contributed by atoms with Gasteiger partial charge >= 0.3 is 0 Å². The van der Waals surface area contributed by atoms with Crippen LogP contribution in [0.15, 0.2) is 0 Å². The molecule has 0 radical (unpaired) electrons. The second-order valence-corrected chi connectivity index (χ2v) is 4.81. The van der Waals surface area contributed by atoms with E-state index < -0.39 is 0 Å². The molecule has 0 aromatic carbocycles. The van der Waals surface area contributed by atoms with Crippen molar-refractivity contribution in [2.75, 3.05) is 26.2 Å². The molecule has 2 saturated heterocycles. The maximum Gasteiger partial charge on any atom is 0.0664 e. The smallest absolute Gasteiger partial charge is 0.0664 e. The van der Waals surface area contributed by atoms with Crippen molar-refractivity contribution in [2.45, 2.75) is 44.9 Å². The van der Waals surface area contributed by atoms with Crippen LogP contribution in [0.4, 0.5) is 0 Å². The van der Waals surface area contributed by atoms with Gasteiger partial charge in [-0.25, -0.2) is 0 Å². The van der Waals surface area contributed by atoms with Gasteiger partial charge in [0, 0.05) is 31.7 Å². The van der Waals surface area contributed by atoms with Crippen LogP contribution in [0, 0.1) is 0 Å². The van der Waals surface area contributed by atoms with Crippen molar-refractivity contribution in [2.24, 2.45) is 0 Å². The molecule has 2 aliphatic heterocycles. The highest BCUT2D eigenvalue weighted by Gasteiger charge is 2.32. The lowest BCUT2D eigenvalue weighted by atomic mass is 10.1. The van der Waals surface area contributed by atoms with Gasteiger partial charge in [0.15, 0.2) is 0 Å². The third-order valence-corrected chi connectivity index (χ3v) is 3.89. The summed E-state index contributed by atoms with van der Waals surface area (Å²) in [7, 11) is 0. The van der Waals surface area contributed by atoms with Crippen LogP contribution >= 0.6 is 0 Å². The van der Waals surface area contributed by atoms with E-state index in [2.05, 4.69) is 16.7 Å². The molecule has 2 rings (SSSR count). The molecule has 0 spiro atoms. The molecule has 3 heteroatoms. The molecule has 0 saturated carbocycles. The number of nitrogens with zero attached hydrogens (tertiary/aromatic N) is 2. The summed E-state index contributed by atoms with van der Waals surface area (Å²) in [5.74, 6) is 0. The minimum Gasteiger partial charge on any atom is -0.392 e. The van der Waals surface area contributed by atoms with E-state index in [1.165, 1.54) is 25.9 Å². The van der Waals surface area contributed by atoms with Crippen LogP contribution < -0.4 is 0 Å². The van der Waals surface area contributed by atoms with Gasteiger partial charge in [-0.3, -0.25) is 9.80 Å². The van der Waals surface area contributed by atoms with E-state index in [1.807, 2.05) is 6.92 Å². The standard InChI is InChI=1S/C11H22N2O/c1-9(10(2)14)13-7-6-12-5-3-4-11(12)8-13/h9-11,14H,3-8H2,1-2H3. The Morgan fingerprint density at radius 1 is 1.21 bits per heavy atom. The molecule has 3 atom stereocenters. The van der Waals surface area contributed by atoms with Gasteiger partial charge < -0.3 is 5.11 Å². The van der Waals surface area contributed by atoms with Crippen molar-refractivity contribution in [3.05, 3.63) is 0 Å². The summed E-state index contributed by atoms with van der Waals surface area (Å²) in [6, 6.07) is 1.09. The molecule has 0 amide bonds. The Bertz CT molecular complexity index is 196. The van der Waals surface area contributed by atoms with E-state index in [0.29, 0.717) is 6.04 Å². The molecular weight excluding hydrogens is 176 g/mol. The van der Waals surface area contributed by atoms with Gasteiger partial charge in [0.1, 0.15) is 0 Å². The Morgan fingerprint density at radius 3 is 2.71 bits per heavy atom. The van der Waals surface area contributed by atoms with Crippen molar-refractivity contribution in [3.63, 3.8) is 0 Å². The van der Waals surface area contributed by atoms with Crippen LogP contribution in [0.5, 0.6) is 0 Å². The van der Waals surface area contributed by atoms with E-state index in [0.717, 1.165) is 19.1 Å². The molecule has 14 heavy (non-hydrogen) atoms. The van der Waals surface area contributed by atoms with E-state index in [4.69, 9.17) is 0 Å². The summed E-state index contributed by atoms with van der Waals surface area (Å²) < 4.78 is 0. The fourth-order valence-corrected chi connectivity index (χ4v) is 2.69. The van der Waals surface area contributed by atoms with Gasteiger partial charge in [0.2, 0.25) is 0 Å². The van der Waals surface area contributed by atoms with Crippen molar-refractivity contribution in [1.29, 1.82) is 0 Å². The normalized spacial score (nSPS) is 34.1. The Hall–Kier alpha value is -0.120. The largest absolute Gasteiger partial charge is 0.392 e. The summed E-state index contributed by atoms with van der Waals surface area (Å²) in [4.78, 5) is 5.04. The van der Waals surface area contributed by atoms with Crippen LogP contribution in [-0.4, -0.2) is 59.3 Å². The number of piperazine rings is 1. The second-order valence-electron chi connectivity index (χ2n) is 4.81. The van der Waals surface area contributed by atoms with Crippen LogP contribution in [0.1, 0.15) is 26.7 Å². The maximum absolute atomic E-state index is 9.56. The second kappa shape index (κ2) is 4.17. The molecule has 2 fully saturated rings. The zero-order valence-corrected chi connectivity index (χ0v) is 9.32. The fraction of sp³-hybridized carbons (Fsp3) is 1.00. The highest BCUT2D eigenvalue weighted by atomic mass is 16.3. The quantitative estimate of drug-likeness (QED) is 0.701. The van der Waals surface area contributed by atoms with Crippen LogP contribution in [-0.2, 0) is 0 Å². The van der Waals surface area contributed by atoms with Gasteiger partial charge in [-0.05, 0) is 33.2 Å². The zero-order chi connectivity index (χ0) is 10.1. The summed E-state index contributed by atoms with van der Waals surface area (Å²) in [6.45, 7) is 8.80. The molecule has 2 heterocycles. The molecule has 2 aliphatic rings. The average Bonchev–Trinajstić information content (AvgIpc) is 2.62. The fourth-order valence-electron chi connectivity index (χ4n) is 2.69. The molecule has 3 unspecified atom stereocenters. The van der Waals surface area contributed by atoms with E-state index in [-0.39, 0.29) is 6.10 Å². The number of hydrogen-bond acceptors (Lipinski definition) is 3. The van der Waals surface area contributed by atoms with E-state index in [9.17, 15) is 5.11 Å². The minimum atomic E-state index is -0.206. The van der Waals surface area contributed by atoms with Crippen molar-refractivity contribution >= 4 is 0 Å². The first-order valence-electron chi connectivity index (χ1n) is 5.84. The molecule has 0 bridgehead atoms. The topological polar surface area (TPSA) is 26.7 Å². The maximum atomic E-state index is 9.56. The van der Waals surface area contributed by atoms with Crippen molar-refractivity contribution < 1.29 is 5.11 Å². The molecular formula is C11H22N2O.